The lowest BCUT2D eigenvalue weighted by Gasteiger charge is -2.19. The van der Waals surface area contributed by atoms with E-state index in [0.717, 1.165) is 11.0 Å². The van der Waals surface area contributed by atoms with Crippen molar-refractivity contribution in [1.29, 1.82) is 0 Å². The first-order chi connectivity index (χ1) is 14.1. The number of benzene rings is 2. The standard InChI is InChI=1S/C21H18ClF3N2O3/c1-26-19-15(17(28)18(30-19)11-6-4-7-12(22)10-11)13-8-5-9-14(20(29)27(2)3)16(13)21(23,24)25/h4-10,26,28H,1-3H3. The number of hydrogen-bond acceptors (Lipinski definition) is 4. The third kappa shape index (κ3) is 3.82. The average Bonchev–Trinajstić information content (AvgIpc) is 3.02. The minimum atomic E-state index is -4.86. The number of amides is 1. The van der Waals surface area contributed by atoms with Crippen molar-refractivity contribution in [1.82, 2.24) is 4.90 Å². The van der Waals surface area contributed by atoms with Crippen molar-refractivity contribution in [2.75, 3.05) is 26.5 Å². The highest BCUT2D eigenvalue weighted by atomic mass is 35.5. The monoisotopic (exact) mass is 438 g/mol. The van der Waals surface area contributed by atoms with Crippen molar-refractivity contribution < 1.29 is 27.5 Å². The minimum absolute atomic E-state index is 0.0469. The first-order valence-corrected chi connectivity index (χ1v) is 9.15. The molecular formula is C21H18ClF3N2O3. The molecule has 0 saturated heterocycles. The van der Waals surface area contributed by atoms with Crippen LogP contribution in [0.25, 0.3) is 22.5 Å². The zero-order valence-electron chi connectivity index (χ0n) is 16.3. The molecule has 0 unspecified atom stereocenters. The highest BCUT2D eigenvalue weighted by Gasteiger charge is 2.40. The van der Waals surface area contributed by atoms with E-state index in [1.54, 1.807) is 18.2 Å². The SMILES string of the molecule is CNc1oc(-c2cccc(Cl)c2)c(O)c1-c1cccc(C(=O)N(C)C)c1C(F)(F)F. The molecule has 30 heavy (non-hydrogen) atoms. The molecule has 0 aliphatic heterocycles. The normalized spacial score (nSPS) is 11.4. The van der Waals surface area contributed by atoms with E-state index in [-0.39, 0.29) is 22.8 Å². The van der Waals surface area contributed by atoms with Gasteiger partial charge >= 0.3 is 6.18 Å². The highest BCUT2D eigenvalue weighted by molar-refractivity contribution is 6.30. The molecule has 158 valence electrons. The Morgan fingerprint density at radius 1 is 1.17 bits per heavy atom. The van der Waals surface area contributed by atoms with E-state index < -0.39 is 29.0 Å². The summed E-state index contributed by atoms with van der Waals surface area (Å²) in [5, 5.41) is 13.9. The summed E-state index contributed by atoms with van der Waals surface area (Å²) >= 11 is 5.99. The lowest BCUT2D eigenvalue weighted by atomic mass is 9.94. The molecule has 1 heterocycles. The van der Waals surface area contributed by atoms with Gasteiger partial charge < -0.3 is 19.7 Å². The number of hydrogen-bond donors (Lipinski definition) is 2. The summed E-state index contributed by atoms with van der Waals surface area (Å²) in [6, 6.07) is 9.96. The van der Waals surface area contributed by atoms with Gasteiger partial charge in [-0.2, -0.15) is 13.2 Å². The fraction of sp³-hybridized carbons (Fsp3) is 0.190. The number of carbonyl (C=O) groups is 1. The summed E-state index contributed by atoms with van der Waals surface area (Å²) in [5.41, 5.74) is -1.88. The molecule has 3 rings (SSSR count). The first-order valence-electron chi connectivity index (χ1n) is 8.78. The van der Waals surface area contributed by atoms with Gasteiger partial charge in [-0.25, -0.2) is 0 Å². The van der Waals surface area contributed by atoms with Gasteiger partial charge in [0.2, 0.25) is 5.88 Å². The molecule has 0 aliphatic rings. The average molecular weight is 439 g/mol. The van der Waals surface area contributed by atoms with Gasteiger partial charge in [-0.05, 0) is 18.2 Å². The van der Waals surface area contributed by atoms with Crippen molar-refractivity contribution in [3.05, 3.63) is 58.6 Å². The Hall–Kier alpha value is -3.13. The zero-order valence-corrected chi connectivity index (χ0v) is 17.0. The second kappa shape index (κ2) is 7.95. The molecule has 0 radical (unpaired) electrons. The number of nitrogens with one attached hydrogen (secondary N) is 1. The molecule has 3 aromatic rings. The molecule has 2 aromatic carbocycles. The van der Waals surface area contributed by atoms with Crippen LogP contribution in [0.15, 0.2) is 46.9 Å². The predicted octanol–water partition coefficient (Wildman–Crippen LogP) is 5.73. The van der Waals surface area contributed by atoms with Gasteiger partial charge in [-0.3, -0.25) is 4.79 Å². The van der Waals surface area contributed by atoms with E-state index in [1.807, 2.05) is 0 Å². The molecule has 1 amide bonds. The minimum Gasteiger partial charge on any atom is -0.504 e. The number of aromatic hydroxyl groups is 1. The number of anilines is 1. The van der Waals surface area contributed by atoms with Crippen LogP contribution in [0, 0.1) is 0 Å². The van der Waals surface area contributed by atoms with Crippen LogP contribution in [0.3, 0.4) is 0 Å². The Balaban J connectivity index is 2.34. The third-order valence-electron chi connectivity index (χ3n) is 4.45. The van der Waals surface area contributed by atoms with Gasteiger partial charge in [0.1, 0.15) is 0 Å². The maximum atomic E-state index is 14.0. The van der Waals surface area contributed by atoms with Crippen molar-refractivity contribution in [2.24, 2.45) is 0 Å². The van der Waals surface area contributed by atoms with E-state index in [1.165, 1.54) is 39.3 Å². The molecule has 0 aliphatic carbocycles. The van der Waals surface area contributed by atoms with Crippen LogP contribution in [0.2, 0.25) is 5.02 Å². The molecule has 0 atom stereocenters. The predicted molar refractivity (Wildman–Crippen MR) is 109 cm³/mol. The van der Waals surface area contributed by atoms with Crippen LogP contribution in [0.5, 0.6) is 5.75 Å². The third-order valence-corrected chi connectivity index (χ3v) is 4.69. The fourth-order valence-electron chi connectivity index (χ4n) is 3.16. The summed E-state index contributed by atoms with van der Waals surface area (Å²) in [5.74, 6) is -1.44. The second-order valence-corrected chi connectivity index (χ2v) is 7.11. The van der Waals surface area contributed by atoms with E-state index in [9.17, 15) is 23.1 Å². The fourth-order valence-corrected chi connectivity index (χ4v) is 3.35. The van der Waals surface area contributed by atoms with Crippen LogP contribution in [0.4, 0.5) is 19.1 Å². The number of carbonyl (C=O) groups excluding carboxylic acids is 1. The van der Waals surface area contributed by atoms with Crippen LogP contribution in [-0.4, -0.2) is 37.1 Å². The Bertz CT molecular complexity index is 1110. The molecule has 0 bridgehead atoms. The molecule has 2 N–H and O–H groups in total. The van der Waals surface area contributed by atoms with Crippen LogP contribution < -0.4 is 5.32 Å². The Labute approximate surface area is 175 Å². The first kappa shape index (κ1) is 21.6. The number of alkyl halides is 3. The van der Waals surface area contributed by atoms with Crippen molar-refractivity contribution >= 4 is 23.4 Å². The number of furan rings is 1. The maximum Gasteiger partial charge on any atom is 0.417 e. The molecule has 0 spiro atoms. The quantitative estimate of drug-likeness (QED) is 0.545. The van der Waals surface area contributed by atoms with Crippen LogP contribution in [0.1, 0.15) is 15.9 Å². The number of nitrogens with zero attached hydrogens (tertiary/aromatic N) is 1. The summed E-state index contributed by atoms with van der Waals surface area (Å²) < 4.78 is 47.8. The summed E-state index contributed by atoms with van der Waals surface area (Å²) in [7, 11) is 4.17. The second-order valence-electron chi connectivity index (χ2n) is 6.67. The van der Waals surface area contributed by atoms with E-state index in [2.05, 4.69) is 5.32 Å². The van der Waals surface area contributed by atoms with Crippen molar-refractivity contribution in [3.8, 4) is 28.2 Å². The lowest BCUT2D eigenvalue weighted by molar-refractivity contribution is -0.137. The van der Waals surface area contributed by atoms with Crippen molar-refractivity contribution in [2.45, 2.75) is 6.18 Å². The maximum absolute atomic E-state index is 14.0. The Morgan fingerprint density at radius 3 is 2.40 bits per heavy atom. The summed E-state index contributed by atoms with van der Waals surface area (Å²) in [4.78, 5) is 13.5. The number of halogens is 4. The van der Waals surface area contributed by atoms with Gasteiger partial charge in [0.25, 0.3) is 5.91 Å². The van der Waals surface area contributed by atoms with Gasteiger partial charge in [0.05, 0.1) is 16.7 Å². The topological polar surface area (TPSA) is 65.7 Å². The molecule has 0 saturated carbocycles. The Kier molecular flexibility index (Phi) is 5.72. The van der Waals surface area contributed by atoms with Gasteiger partial charge in [-0.15, -0.1) is 0 Å². The molecule has 1 aromatic heterocycles. The van der Waals surface area contributed by atoms with E-state index in [0.29, 0.717) is 10.6 Å². The molecule has 5 nitrogen and oxygen atoms in total. The molecule has 0 fully saturated rings. The van der Waals surface area contributed by atoms with E-state index in [4.69, 9.17) is 16.0 Å². The van der Waals surface area contributed by atoms with Crippen LogP contribution >= 0.6 is 11.6 Å². The van der Waals surface area contributed by atoms with Gasteiger partial charge in [0, 0.05) is 37.3 Å². The Morgan fingerprint density at radius 2 is 1.83 bits per heavy atom. The largest absolute Gasteiger partial charge is 0.504 e. The smallest absolute Gasteiger partial charge is 0.417 e. The summed E-state index contributed by atoms with van der Waals surface area (Å²) in [6.45, 7) is 0. The highest BCUT2D eigenvalue weighted by Crippen LogP contribution is 2.50. The molecule has 9 heteroatoms. The lowest BCUT2D eigenvalue weighted by Crippen LogP contribution is -2.25. The van der Waals surface area contributed by atoms with Crippen LogP contribution in [-0.2, 0) is 6.18 Å². The van der Waals surface area contributed by atoms with Crippen molar-refractivity contribution in [3.63, 3.8) is 0 Å². The van der Waals surface area contributed by atoms with E-state index >= 15 is 0 Å². The molecular weight excluding hydrogens is 421 g/mol. The summed E-state index contributed by atoms with van der Waals surface area (Å²) in [6.07, 6.45) is -4.86. The zero-order chi connectivity index (χ0) is 22.2. The van der Waals surface area contributed by atoms with Gasteiger partial charge in [0.15, 0.2) is 11.5 Å². The number of rotatable bonds is 4. The van der Waals surface area contributed by atoms with Gasteiger partial charge in [-0.1, -0.05) is 35.9 Å².